The number of benzene rings is 2. The Labute approximate surface area is 270 Å². The summed E-state index contributed by atoms with van der Waals surface area (Å²) in [7, 11) is 0. The van der Waals surface area contributed by atoms with E-state index in [1.807, 2.05) is 6.07 Å². The van der Waals surface area contributed by atoms with Gasteiger partial charge < -0.3 is 15.0 Å². The Morgan fingerprint density at radius 3 is 2.79 bits per heavy atom. The SMILES string of the molecule is C#Cc1c(F)ccc2cccc(-c3nc4c5c(nc(OC[C@@]67C[C@@H](F)CN6CC6(CC6)C7)nc5c3F)N3C[C@H]5CC[C@H](N5)[C@H]3CC4)c12. The van der Waals surface area contributed by atoms with Crippen molar-refractivity contribution in [3.05, 3.63) is 53.2 Å². The number of hydrogen-bond donors (Lipinski definition) is 1. The summed E-state index contributed by atoms with van der Waals surface area (Å²) < 4.78 is 53.3. The maximum Gasteiger partial charge on any atom is 0.319 e. The van der Waals surface area contributed by atoms with Crippen molar-refractivity contribution in [2.24, 2.45) is 5.41 Å². The molecule has 0 unspecified atom stereocenters. The van der Waals surface area contributed by atoms with Crippen molar-refractivity contribution < 1.29 is 17.9 Å². The number of hydrogen-bond acceptors (Lipinski definition) is 7. The molecule has 4 saturated heterocycles. The van der Waals surface area contributed by atoms with Crippen LogP contribution in [-0.2, 0) is 6.42 Å². The van der Waals surface area contributed by atoms with Crippen LogP contribution in [0.1, 0.15) is 56.2 Å². The van der Waals surface area contributed by atoms with Crippen molar-refractivity contribution in [1.82, 2.24) is 25.2 Å². The maximum absolute atomic E-state index is 17.1. The van der Waals surface area contributed by atoms with E-state index in [0.29, 0.717) is 64.7 Å². The Kier molecular flexibility index (Phi) is 5.86. The molecule has 0 amide bonds. The van der Waals surface area contributed by atoms with Gasteiger partial charge in [-0.05, 0) is 61.8 Å². The van der Waals surface area contributed by atoms with Crippen LogP contribution in [0.2, 0.25) is 0 Å². The maximum atomic E-state index is 17.1. The molecule has 5 aliphatic heterocycles. The number of rotatable bonds is 4. The molecule has 6 aliphatic rings. The van der Waals surface area contributed by atoms with Crippen molar-refractivity contribution in [3.63, 3.8) is 0 Å². The van der Waals surface area contributed by atoms with Gasteiger partial charge in [-0.2, -0.15) is 9.97 Å². The normalized spacial score (nSPS) is 30.0. The Hall–Kier alpha value is -3.94. The minimum atomic E-state index is -0.888. The van der Waals surface area contributed by atoms with E-state index < -0.39 is 23.3 Å². The van der Waals surface area contributed by atoms with Crippen LogP contribution in [0.4, 0.5) is 19.0 Å². The molecule has 2 bridgehead atoms. The largest absolute Gasteiger partial charge is 0.461 e. The molecule has 240 valence electrons. The first-order valence-electron chi connectivity index (χ1n) is 17.0. The van der Waals surface area contributed by atoms with Crippen LogP contribution in [0.3, 0.4) is 0 Å². The van der Waals surface area contributed by atoms with Crippen LogP contribution in [-0.4, -0.2) is 75.9 Å². The number of nitrogens with zero attached hydrogens (tertiary/aromatic N) is 5. The third-order valence-electron chi connectivity index (χ3n) is 12.1. The van der Waals surface area contributed by atoms with Gasteiger partial charge in [-0.15, -0.1) is 6.42 Å². The number of fused-ring (bicyclic) bond motifs is 7. The summed E-state index contributed by atoms with van der Waals surface area (Å²) in [5, 5.41) is 5.53. The van der Waals surface area contributed by atoms with Gasteiger partial charge >= 0.3 is 6.01 Å². The number of anilines is 1. The molecular weight excluding hydrogens is 601 g/mol. The zero-order valence-corrected chi connectivity index (χ0v) is 26.0. The number of alkyl halides is 1. The van der Waals surface area contributed by atoms with Crippen molar-refractivity contribution in [1.29, 1.82) is 0 Å². The van der Waals surface area contributed by atoms with Gasteiger partial charge in [0.15, 0.2) is 5.82 Å². The van der Waals surface area contributed by atoms with Crippen molar-refractivity contribution in [2.75, 3.05) is 31.1 Å². The number of terminal acetylenes is 1. The minimum absolute atomic E-state index is 0.0773. The molecule has 47 heavy (non-hydrogen) atoms. The minimum Gasteiger partial charge on any atom is -0.461 e. The molecule has 1 aliphatic carbocycles. The molecule has 2 aromatic heterocycles. The van der Waals surface area contributed by atoms with Gasteiger partial charge in [-0.25, -0.2) is 18.2 Å². The number of pyridine rings is 1. The highest BCUT2D eigenvalue weighted by Crippen LogP contribution is 2.61. The summed E-state index contributed by atoms with van der Waals surface area (Å²) >= 11 is 0. The number of ether oxygens (including phenoxy) is 1. The van der Waals surface area contributed by atoms with E-state index in [1.54, 1.807) is 18.2 Å². The molecule has 5 atom stereocenters. The van der Waals surface area contributed by atoms with Gasteiger partial charge in [-0.1, -0.05) is 30.2 Å². The molecule has 1 saturated carbocycles. The molecule has 1 N–H and O–H groups in total. The molecule has 10 heteroatoms. The number of aryl methyl sites for hydroxylation is 1. The van der Waals surface area contributed by atoms with E-state index in [1.165, 1.54) is 18.9 Å². The highest BCUT2D eigenvalue weighted by molar-refractivity contribution is 6.02. The van der Waals surface area contributed by atoms with E-state index in [-0.39, 0.29) is 40.8 Å². The number of halogens is 3. The zero-order chi connectivity index (χ0) is 31.7. The van der Waals surface area contributed by atoms with Gasteiger partial charge in [-0.3, -0.25) is 4.90 Å². The first-order valence-corrected chi connectivity index (χ1v) is 17.0. The van der Waals surface area contributed by atoms with E-state index in [2.05, 4.69) is 21.0 Å². The molecule has 4 aromatic rings. The van der Waals surface area contributed by atoms with Crippen LogP contribution >= 0.6 is 0 Å². The average Bonchev–Trinajstić information content (AvgIpc) is 3.52. The lowest BCUT2D eigenvalue weighted by Crippen LogP contribution is -2.58. The molecule has 2 aromatic carbocycles. The van der Waals surface area contributed by atoms with Crippen molar-refractivity contribution in [2.45, 2.75) is 81.2 Å². The van der Waals surface area contributed by atoms with Crippen LogP contribution in [0.5, 0.6) is 6.01 Å². The van der Waals surface area contributed by atoms with Gasteiger partial charge in [0, 0.05) is 55.1 Å². The average molecular weight is 637 g/mol. The summed E-state index contributed by atoms with van der Waals surface area (Å²) in [6.07, 6.45) is 12.2. The number of piperazine rings is 1. The van der Waals surface area contributed by atoms with Crippen molar-refractivity contribution >= 4 is 27.5 Å². The predicted molar refractivity (Wildman–Crippen MR) is 173 cm³/mol. The highest BCUT2D eigenvalue weighted by atomic mass is 19.1. The Balaban J connectivity index is 1.15. The number of nitrogens with one attached hydrogen (secondary N) is 1. The fourth-order valence-corrected chi connectivity index (χ4v) is 9.83. The summed E-state index contributed by atoms with van der Waals surface area (Å²) in [4.78, 5) is 19.3. The van der Waals surface area contributed by atoms with E-state index in [4.69, 9.17) is 26.1 Å². The summed E-state index contributed by atoms with van der Waals surface area (Å²) in [5.41, 5.74) is 1.32. The lowest BCUT2D eigenvalue weighted by Gasteiger charge is -2.41. The second kappa shape index (κ2) is 9.80. The Bertz CT molecular complexity index is 2040. The molecule has 7 heterocycles. The Morgan fingerprint density at radius 2 is 1.94 bits per heavy atom. The van der Waals surface area contributed by atoms with Crippen LogP contribution in [0.15, 0.2) is 30.3 Å². The lowest BCUT2D eigenvalue weighted by atomic mass is 9.89. The van der Waals surface area contributed by atoms with E-state index >= 15 is 4.39 Å². The summed E-state index contributed by atoms with van der Waals surface area (Å²) in [6.45, 7) is 2.35. The summed E-state index contributed by atoms with van der Waals surface area (Å²) in [6, 6.07) is 9.28. The highest BCUT2D eigenvalue weighted by Gasteiger charge is 2.62. The van der Waals surface area contributed by atoms with Crippen molar-refractivity contribution in [3.8, 4) is 29.6 Å². The smallest absolute Gasteiger partial charge is 0.319 e. The number of aromatic nitrogens is 3. The second-order valence-electron chi connectivity index (χ2n) is 14.9. The topological polar surface area (TPSA) is 66.4 Å². The fourth-order valence-electron chi connectivity index (χ4n) is 9.83. The molecule has 10 rings (SSSR count). The third-order valence-corrected chi connectivity index (χ3v) is 12.1. The fraction of sp³-hybridized carbons (Fsp3) is 0.486. The molecule has 7 nitrogen and oxygen atoms in total. The van der Waals surface area contributed by atoms with Crippen LogP contribution in [0.25, 0.3) is 32.9 Å². The first kappa shape index (κ1) is 28.1. The zero-order valence-electron chi connectivity index (χ0n) is 26.0. The predicted octanol–water partition coefficient (Wildman–Crippen LogP) is 5.71. The molecule has 5 fully saturated rings. The lowest BCUT2D eigenvalue weighted by molar-refractivity contribution is 0.107. The Morgan fingerprint density at radius 1 is 1.04 bits per heavy atom. The molecule has 1 spiro atoms. The monoisotopic (exact) mass is 636 g/mol. The molecule has 0 radical (unpaired) electrons. The van der Waals surface area contributed by atoms with Gasteiger partial charge in [0.25, 0.3) is 0 Å². The quantitative estimate of drug-likeness (QED) is 0.288. The van der Waals surface area contributed by atoms with Gasteiger partial charge in [0.1, 0.15) is 35.6 Å². The third kappa shape index (κ3) is 4.12. The van der Waals surface area contributed by atoms with E-state index in [0.717, 1.165) is 38.8 Å². The second-order valence-corrected chi connectivity index (χ2v) is 14.9. The van der Waals surface area contributed by atoms with Crippen LogP contribution in [0, 0.1) is 29.4 Å². The van der Waals surface area contributed by atoms with Gasteiger partial charge in [0.05, 0.1) is 22.2 Å². The van der Waals surface area contributed by atoms with E-state index in [9.17, 15) is 8.78 Å². The first-order chi connectivity index (χ1) is 22.8. The standard InChI is InChI=1S/C37H35F3N6O/c1-2-23-25(39)8-6-20-4-3-5-24(29(20)23)32-31(40)33-30-27(42-32)10-11-28-26-9-7-22(41-26)16-46(28)34(30)44-35(43-33)47-19-37-14-21(38)15-45(37)18-36(17-37)12-13-36/h1,3-6,8,21-22,26,28,41H,7,9-19H2/t21-,22-,26+,28-,37+/m1/s1. The van der Waals surface area contributed by atoms with Gasteiger partial charge in [0.2, 0.25) is 0 Å². The van der Waals surface area contributed by atoms with Crippen LogP contribution < -0.4 is 15.0 Å². The summed E-state index contributed by atoms with van der Waals surface area (Å²) in [5.74, 6) is 1.98. The molecular formula is C37H35F3N6O.